The van der Waals surface area contributed by atoms with Crippen molar-refractivity contribution in [2.75, 3.05) is 73.4 Å². The van der Waals surface area contributed by atoms with E-state index in [1.54, 1.807) is 11.8 Å². The number of piperazine rings is 1. The summed E-state index contributed by atoms with van der Waals surface area (Å²) in [6.07, 6.45) is 3.83. The Morgan fingerprint density at radius 2 is 1.38 bits per heavy atom. The summed E-state index contributed by atoms with van der Waals surface area (Å²) in [5.74, 6) is 2.87. The molecule has 4 heterocycles. The van der Waals surface area contributed by atoms with Gasteiger partial charge in [-0.15, -0.1) is 10.2 Å². The summed E-state index contributed by atoms with van der Waals surface area (Å²) in [6.45, 7) is 6.91. The molecule has 0 saturated carbocycles. The molecule has 0 aromatic carbocycles. The van der Waals surface area contributed by atoms with E-state index in [1.165, 1.54) is 0 Å². The summed E-state index contributed by atoms with van der Waals surface area (Å²) in [5.41, 5.74) is 0. The van der Waals surface area contributed by atoms with Crippen LogP contribution in [-0.4, -0.2) is 78.9 Å². The van der Waals surface area contributed by atoms with Crippen LogP contribution in [0.3, 0.4) is 0 Å². The Balaban J connectivity index is 1.36. The van der Waals surface area contributed by atoms with Crippen LogP contribution in [0.5, 0.6) is 0 Å². The SMILES string of the molecule is CSc1nccc(N2CCN(c3ccc(N4CCOCC4)nn3)CC2)n1. The highest BCUT2D eigenvalue weighted by Gasteiger charge is 2.20. The fraction of sp³-hybridized carbons (Fsp3) is 0.529. The number of hydrogen-bond donors (Lipinski definition) is 0. The molecule has 2 aliphatic rings. The Morgan fingerprint density at radius 3 is 1.96 bits per heavy atom. The molecule has 0 spiro atoms. The van der Waals surface area contributed by atoms with Crippen LogP contribution in [0.4, 0.5) is 17.5 Å². The van der Waals surface area contributed by atoms with Crippen LogP contribution in [0.1, 0.15) is 0 Å². The third-order valence-electron chi connectivity index (χ3n) is 4.70. The quantitative estimate of drug-likeness (QED) is 0.580. The third kappa shape index (κ3) is 3.83. The van der Waals surface area contributed by atoms with Crippen molar-refractivity contribution in [1.29, 1.82) is 0 Å². The molecule has 0 N–H and O–H groups in total. The van der Waals surface area contributed by atoms with Crippen molar-refractivity contribution < 1.29 is 4.74 Å². The second kappa shape index (κ2) is 8.05. The van der Waals surface area contributed by atoms with Gasteiger partial charge in [-0.2, -0.15) is 0 Å². The number of rotatable bonds is 4. The van der Waals surface area contributed by atoms with Gasteiger partial charge >= 0.3 is 0 Å². The van der Waals surface area contributed by atoms with Crippen molar-refractivity contribution in [2.45, 2.75) is 5.16 Å². The average molecular weight is 373 g/mol. The molecule has 138 valence electrons. The van der Waals surface area contributed by atoms with Crippen LogP contribution >= 0.6 is 11.8 Å². The van der Waals surface area contributed by atoms with Gasteiger partial charge in [0.2, 0.25) is 0 Å². The summed E-state index contributed by atoms with van der Waals surface area (Å²) in [6, 6.07) is 6.12. The molecule has 2 saturated heterocycles. The number of hydrogen-bond acceptors (Lipinski definition) is 9. The monoisotopic (exact) mass is 373 g/mol. The zero-order valence-electron chi connectivity index (χ0n) is 14.9. The maximum Gasteiger partial charge on any atom is 0.189 e. The van der Waals surface area contributed by atoms with Crippen LogP contribution in [0, 0.1) is 0 Å². The highest BCUT2D eigenvalue weighted by atomic mass is 32.2. The third-order valence-corrected chi connectivity index (χ3v) is 5.26. The molecule has 4 rings (SSSR count). The van der Waals surface area contributed by atoms with E-state index in [0.29, 0.717) is 0 Å². The summed E-state index contributed by atoms with van der Waals surface area (Å²) >= 11 is 1.57. The fourth-order valence-corrected chi connectivity index (χ4v) is 3.57. The van der Waals surface area contributed by atoms with E-state index in [2.05, 4.69) is 47.0 Å². The highest BCUT2D eigenvalue weighted by Crippen LogP contribution is 2.20. The first-order valence-corrected chi connectivity index (χ1v) is 10.1. The van der Waals surface area contributed by atoms with Gasteiger partial charge in [0.25, 0.3) is 0 Å². The lowest BCUT2D eigenvalue weighted by Crippen LogP contribution is -2.47. The predicted octanol–water partition coefficient (Wildman–Crippen LogP) is 1.15. The molecule has 0 atom stereocenters. The van der Waals surface area contributed by atoms with E-state index in [1.807, 2.05) is 18.5 Å². The molecule has 2 aromatic rings. The zero-order valence-corrected chi connectivity index (χ0v) is 15.7. The molecule has 2 fully saturated rings. The van der Waals surface area contributed by atoms with Crippen molar-refractivity contribution in [1.82, 2.24) is 20.2 Å². The standard InChI is InChI=1S/C17H23N7OS/c1-26-17-18-5-4-14(19-17)22-6-8-23(9-7-22)15-2-3-16(21-20-15)24-10-12-25-13-11-24/h2-5H,6-13H2,1H3. The Labute approximate surface area is 157 Å². The first kappa shape index (κ1) is 17.3. The summed E-state index contributed by atoms with van der Waals surface area (Å²) < 4.78 is 5.39. The minimum Gasteiger partial charge on any atom is -0.378 e. The molecule has 0 radical (unpaired) electrons. The predicted molar refractivity (Wildman–Crippen MR) is 103 cm³/mol. The average Bonchev–Trinajstić information content (AvgIpc) is 2.75. The van der Waals surface area contributed by atoms with E-state index in [-0.39, 0.29) is 0 Å². The largest absolute Gasteiger partial charge is 0.378 e. The molecular weight excluding hydrogens is 350 g/mol. The first-order valence-electron chi connectivity index (χ1n) is 8.87. The lowest BCUT2D eigenvalue weighted by atomic mass is 10.3. The molecule has 0 bridgehead atoms. The molecule has 9 heteroatoms. The molecule has 8 nitrogen and oxygen atoms in total. The van der Waals surface area contributed by atoms with Crippen molar-refractivity contribution in [3.63, 3.8) is 0 Å². The van der Waals surface area contributed by atoms with Crippen LogP contribution in [0.25, 0.3) is 0 Å². The second-order valence-electron chi connectivity index (χ2n) is 6.22. The first-order chi connectivity index (χ1) is 12.8. The van der Waals surface area contributed by atoms with Gasteiger partial charge in [-0.1, -0.05) is 11.8 Å². The van der Waals surface area contributed by atoms with Crippen molar-refractivity contribution in [3.8, 4) is 0 Å². The lowest BCUT2D eigenvalue weighted by molar-refractivity contribution is 0.122. The molecular formula is C17H23N7OS. The normalized spacial score (nSPS) is 18.3. The molecule has 26 heavy (non-hydrogen) atoms. The Kier molecular flexibility index (Phi) is 5.35. The van der Waals surface area contributed by atoms with Gasteiger partial charge in [-0.3, -0.25) is 0 Å². The van der Waals surface area contributed by atoms with E-state index in [9.17, 15) is 0 Å². The maximum absolute atomic E-state index is 5.39. The van der Waals surface area contributed by atoms with Gasteiger partial charge in [-0.05, 0) is 24.5 Å². The van der Waals surface area contributed by atoms with E-state index in [0.717, 1.165) is 75.1 Å². The second-order valence-corrected chi connectivity index (χ2v) is 7.00. The summed E-state index contributed by atoms with van der Waals surface area (Å²) in [5, 5.41) is 9.68. The highest BCUT2D eigenvalue weighted by molar-refractivity contribution is 7.98. The number of thioether (sulfide) groups is 1. The van der Waals surface area contributed by atoms with Gasteiger partial charge in [0.05, 0.1) is 13.2 Å². The summed E-state index contributed by atoms with van der Waals surface area (Å²) in [7, 11) is 0. The minimum absolute atomic E-state index is 0.757. The van der Waals surface area contributed by atoms with Crippen LogP contribution in [0.15, 0.2) is 29.6 Å². The zero-order chi connectivity index (χ0) is 17.8. The number of nitrogens with zero attached hydrogens (tertiary/aromatic N) is 7. The van der Waals surface area contributed by atoms with E-state index >= 15 is 0 Å². The number of anilines is 3. The number of aromatic nitrogens is 4. The van der Waals surface area contributed by atoms with Gasteiger partial charge in [0, 0.05) is 45.5 Å². The minimum atomic E-state index is 0.757. The molecule has 0 aliphatic carbocycles. The van der Waals surface area contributed by atoms with Crippen molar-refractivity contribution >= 4 is 29.2 Å². The van der Waals surface area contributed by atoms with Crippen molar-refractivity contribution in [2.24, 2.45) is 0 Å². The van der Waals surface area contributed by atoms with Crippen molar-refractivity contribution in [3.05, 3.63) is 24.4 Å². The van der Waals surface area contributed by atoms with Gasteiger partial charge in [0.15, 0.2) is 16.8 Å². The summed E-state index contributed by atoms with van der Waals surface area (Å²) in [4.78, 5) is 15.6. The molecule has 2 aromatic heterocycles. The number of ether oxygens (including phenoxy) is 1. The van der Waals surface area contributed by atoms with Crippen LogP contribution in [-0.2, 0) is 4.74 Å². The molecule has 0 amide bonds. The maximum atomic E-state index is 5.39. The Hall–Kier alpha value is -2.13. The van der Waals surface area contributed by atoms with Gasteiger partial charge < -0.3 is 19.4 Å². The molecule has 0 unspecified atom stereocenters. The fourth-order valence-electron chi connectivity index (χ4n) is 3.22. The lowest BCUT2D eigenvalue weighted by Gasteiger charge is -2.36. The topological polar surface area (TPSA) is 70.5 Å². The number of morpholine rings is 1. The van der Waals surface area contributed by atoms with Crippen LogP contribution < -0.4 is 14.7 Å². The Morgan fingerprint density at radius 1 is 0.808 bits per heavy atom. The van der Waals surface area contributed by atoms with Gasteiger partial charge in [0.1, 0.15) is 5.82 Å². The van der Waals surface area contributed by atoms with Gasteiger partial charge in [-0.25, -0.2) is 9.97 Å². The van der Waals surface area contributed by atoms with E-state index < -0.39 is 0 Å². The molecule has 2 aliphatic heterocycles. The van der Waals surface area contributed by atoms with Crippen LogP contribution in [0.2, 0.25) is 0 Å². The Bertz CT molecular complexity index is 715. The smallest absolute Gasteiger partial charge is 0.189 e. The van der Waals surface area contributed by atoms with E-state index in [4.69, 9.17) is 4.74 Å².